The first-order chi connectivity index (χ1) is 14.7. The van der Waals surface area contributed by atoms with E-state index in [-0.39, 0.29) is 12.5 Å². The van der Waals surface area contributed by atoms with Crippen LogP contribution in [0.2, 0.25) is 0 Å². The molecule has 1 atom stereocenters. The second kappa shape index (κ2) is 11.5. The maximum atomic E-state index is 9.79. The lowest BCUT2D eigenvalue weighted by molar-refractivity contribution is 0.265. The van der Waals surface area contributed by atoms with Gasteiger partial charge in [0.15, 0.2) is 5.96 Å². The number of aromatic nitrogens is 1. The van der Waals surface area contributed by atoms with Crippen molar-refractivity contribution in [1.82, 2.24) is 20.5 Å². The quantitative estimate of drug-likeness (QED) is 0.454. The van der Waals surface area contributed by atoms with Crippen LogP contribution in [0.4, 0.5) is 5.82 Å². The Labute approximate surface area is 179 Å². The summed E-state index contributed by atoms with van der Waals surface area (Å²) in [6.45, 7) is 8.25. The summed E-state index contributed by atoms with van der Waals surface area (Å²) in [6, 6.07) is 14.2. The summed E-state index contributed by atoms with van der Waals surface area (Å²) in [4.78, 5) is 14.0. The monoisotopic (exact) mass is 410 g/mol. The number of likely N-dealkylation sites (N-methyl/N-ethyl adjacent to an activating group) is 1. The van der Waals surface area contributed by atoms with Crippen LogP contribution >= 0.6 is 0 Å². The average molecular weight is 411 g/mol. The van der Waals surface area contributed by atoms with Gasteiger partial charge in [0.25, 0.3) is 0 Å². The third kappa shape index (κ3) is 6.43. The SMILES string of the molecule is CCNC(=NCc1ccnc(N2CCN(C)CC2)c1)NCC(CO)c1ccccc1. The molecule has 1 aromatic heterocycles. The van der Waals surface area contributed by atoms with E-state index in [9.17, 15) is 5.11 Å². The molecule has 1 saturated heterocycles. The number of aliphatic hydroxyl groups excluding tert-OH is 1. The topological polar surface area (TPSA) is 76.0 Å². The maximum absolute atomic E-state index is 9.79. The standard InChI is InChI=1S/C23H34N6O/c1-3-24-23(27-17-21(18-30)20-7-5-4-6-8-20)26-16-19-9-10-25-22(15-19)29-13-11-28(2)12-14-29/h4-10,15,21,30H,3,11-14,16-18H2,1-2H3,(H2,24,26,27). The van der Waals surface area contributed by atoms with Crippen molar-refractivity contribution in [2.24, 2.45) is 4.99 Å². The highest BCUT2D eigenvalue weighted by molar-refractivity contribution is 5.79. The van der Waals surface area contributed by atoms with Crippen LogP contribution in [-0.4, -0.2) is 73.9 Å². The molecule has 2 aromatic rings. The van der Waals surface area contributed by atoms with Crippen molar-refractivity contribution in [2.75, 3.05) is 57.8 Å². The third-order valence-corrected chi connectivity index (χ3v) is 5.41. The number of guanidine groups is 1. The van der Waals surface area contributed by atoms with Crippen LogP contribution in [0.15, 0.2) is 53.7 Å². The first-order valence-corrected chi connectivity index (χ1v) is 10.8. The van der Waals surface area contributed by atoms with Crippen molar-refractivity contribution in [2.45, 2.75) is 19.4 Å². The van der Waals surface area contributed by atoms with Crippen LogP contribution in [0, 0.1) is 0 Å². The lowest BCUT2D eigenvalue weighted by Gasteiger charge is -2.33. The second-order valence-corrected chi connectivity index (χ2v) is 7.68. The van der Waals surface area contributed by atoms with E-state index in [4.69, 9.17) is 4.99 Å². The summed E-state index contributed by atoms with van der Waals surface area (Å²) in [6.07, 6.45) is 1.87. The van der Waals surface area contributed by atoms with Gasteiger partial charge in [-0.05, 0) is 37.2 Å². The second-order valence-electron chi connectivity index (χ2n) is 7.68. The number of nitrogens with zero attached hydrogens (tertiary/aromatic N) is 4. The van der Waals surface area contributed by atoms with Crippen LogP contribution in [-0.2, 0) is 6.54 Å². The molecular formula is C23H34N6O. The molecule has 0 spiro atoms. The minimum atomic E-state index is 0.0276. The zero-order valence-electron chi connectivity index (χ0n) is 18.1. The molecule has 7 nitrogen and oxygen atoms in total. The molecule has 0 radical (unpaired) electrons. The largest absolute Gasteiger partial charge is 0.396 e. The van der Waals surface area contributed by atoms with Gasteiger partial charge >= 0.3 is 0 Å². The number of hydrogen-bond acceptors (Lipinski definition) is 5. The van der Waals surface area contributed by atoms with Crippen molar-refractivity contribution >= 4 is 11.8 Å². The zero-order valence-corrected chi connectivity index (χ0v) is 18.1. The van der Waals surface area contributed by atoms with Crippen molar-refractivity contribution in [3.8, 4) is 0 Å². The average Bonchev–Trinajstić information content (AvgIpc) is 2.79. The van der Waals surface area contributed by atoms with Crippen molar-refractivity contribution < 1.29 is 5.11 Å². The van der Waals surface area contributed by atoms with Crippen LogP contribution in [0.5, 0.6) is 0 Å². The molecule has 0 amide bonds. The molecule has 1 fully saturated rings. The molecule has 1 aliphatic heterocycles. The van der Waals surface area contributed by atoms with Crippen LogP contribution in [0.1, 0.15) is 24.0 Å². The molecule has 162 valence electrons. The number of benzene rings is 1. The fraction of sp³-hybridized carbons (Fsp3) is 0.478. The molecule has 0 bridgehead atoms. The van der Waals surface area contributed by atoms with Gasteiger partial charge in [-0.2, -0.15) is 0 Å². The van der Waals surface area contributed by atoms with Crippen LogP contribution in [0.25, 0.3) is 0 Å². The van der Waals surface area contributed by atoms with Gasteiger partial charge in [-0.25, -0.2) is 9.98 Å². The van der Waals surface area contributed by atoms with Crippen molar-refractivity contribution in [3.63, 3.8) is 0 Å². The van der Waals surface area contributed by atoms with Gasteiger partial charge in [-0.3, -0.25) is 0 Å². The molecule has 1 unspecified atom stereocenters. The minimum Gasteiger partial charge on any atom is -0.396 e. The smallest absolute Gasteiger partial charge is 0.191 e. The van der Waals surface area contributed by atoms with E-state index in [1.54, 1.807) is 0 Å². The number of hydrogen-bond donors (Lipinski definition) is 3. The summed E-state index contributed by atoms with van der Waals surface area (Å²) in [5.74, 6) is 1.81. The highest BCUT2D eigenvalue weighted by Crippen LogP contribution is 2.16. The lowest BCUT2D eigenvalue weighted by atomic mass is 10.0. The Morgan fingerprint density at radius 3 is 2.60 bits per heavy atom. The number of pyridine rings is 1. The van der Waals surface area contributed by atoms with E-state index in [1.807, 2.05) is 42.6 Å². The Balaban J connectivity index is 1.61. The zero-order chi connectivity index (χ0) is 21.2. The first-order valence-electron chi connectivity index (χ1n) is 10.8. The Morgan fingerprint density at radius 2 is 1.90 bits per heavy atom. The highest BCUT2D eigenvalue weighted by Gasteiger charge is 2.15. The summed E-state index contributed by atoms with van der Waals surface area (Å²) in [7, 11) is 2.16. The van der Waals surface area contributed by atoms with Crippen LogP contribution < -0.4 is 15.5 Å². The molecule has 0 saturated carbocycles. The number of piperazine rings is 1. The normalized spacial score (nSPS) is 16.4. The van der Waals surface area contributed by atoms with Gasteiger partial charge in [0.1, 0.15) is 5.82 Å². The van der Waals surface area contributed by atoms with Gasteiger partial charge in [0.05, 0.1) is 13.2 Å². The molecule has 3 rings (SSSR count). The third-order valence-electron chi connectivity index (χ3n) is 5.41. The Morgan fingerprint density at radius 1 is 1.13 bits per heavy atom. The van der Waals surface area contributed by atoms with E-state index in [1.165, 1.54) is 0 Å². The number of nitrogens with one attached hydrogen (secondary N) is 2. The molecular weight excluding hydrogens is 376 g/mol. The number of aliphatic hydroxyl groups is 1. The number of anilines is 1. The molecule has 2 heterocycles. The van der Waals surface area contributed by atoms with E-state index in [2.05, 4.69) is 45.5 Å². The highest BCUT2D eigenvalue weighted by atomic mass is 16.3. The summed E-state index contributed by atoms with van der Waals surface area (Å²) < 4.78 is 0. The predicted molar refractivity (Wildman–Crippen MR) is 123 cm³/mol. The summed E-state index contributed by atoms with van der Waals surface area (Å²) in [5.41, 5.74) is 2.26. The van der Waals surface area contributed by atoms with Gasteiger partial charge in [-0.1, -0.05) is 30.3 Å². The van der Waals surface area contributed by atoms with E-state index in [0.717, 1.165) is 55.6 Å². The fourth-order valence-corrected chi connectivity index (χ4v) is 3.51. The van der Waals surface area contributed by atoms with Crippen molar-refractivity contribution in [1.29, 1.82) is 0 Å². The Hall–Kier alpha value is -2.64. The predicted octanol–water partition coefficient (Wildman–Crippen LogP) is 1.66. The molecule has 30 heavy (non-hydrogen) atoms. The molecule has 3 N–H and O–H groups in total. The van der Waals surface area contributed by atoms with Gasteiger partial charge in [-0.15, -0.1) is 0 Å². The van der Waals surface area contributed by atoms with E-state index >= 15 is 0 Å². The van der Waals surface area contributed by atoms with E-state index in [0.29, 0.717) is 13.1 Å². The van der Waals surface area contributed by atoms with Crippen molar-refractivity contribution in [3.05, 3.63) is 59.8 Å². The fourth-order valence-electron chi connectivity index (χ4n) is 3.51. The first kappa shape index (κ1) is 22.1. The lowest BCUT2D eigenvalue weighted by Crippen LogP contribution is -2.44. The Bertz CT molecular complexity index is 789. The molecule has 1 aromatic carbocycles. The Kier molecular flexibility index (Phi) is 8.47. The summed E-state index contributed by atoms with van der Waals surface area (Å²) >= 11 is 0. The van der Waals surface area contributed by atoms with Gasteiger partial charge in [0, 0.05) is 51.4 Å². The molecule has 0 aliphatic carbocycles. The maximum Gasteiger partial charge on any atom is 0.191 e. The number of aliphatic imine (C=N–C) groups is 1. The molecule has 1 aliphatic rings. The minimum absolute atomic E-state index is 0.0276. The van der Waals surface area contributed by atoms with Crippen LogP contribution in [0.3, 0.4) is 0 Å². The summed E-state index contributed by atoms with van der Waals surface area (Å²) in [5, 5.41) is 16.4. The van der Waals surface area contributed by atoms with Gasteiger partial charge < -0.3 is 25.5 Å². The number of rotatable bonds is 8. The van der Waals surface area contributed by atoms with E-state index < -0.39 is 0 Å². The molecule has 7 heteroatoms. The van der Waals surface area contributed by atoms with Gasteiger partial charge in [0.2, 0.25) is 0 Å².